The maximum atomic E-state index is 13.4. The summed E-state index contributed by atoms with van der Waals surface area (Å²) in [7, 11) is -5.44. The van der Waals surface area contributed by atoms with E-state index in [1.807, 2.05) is 32.9 Å². The number of hydrogen-bond acceptors (Lipinski definition) is 5. The Balaban J connectivity index is 2.45. The molecule has 1 unspecified atom stereocenters. The van der Waals surface area contributed by atoms with E-state index in [1.54, 1.807) is 0 Å². The Labute approximate surface area is 225 Å². The normalized spacial score (nSPS) is 17.7. The van der Waals surface area contributed by atoms with Crippen LogP contribution in [0.2, 0.25) is 36.3 Å². The van der Waals surface area contributed by atoms with Crippen LogP contribution < -0.4 is 14.2 Å². The minimum absolute atomic E-state index is 0.0364. The summed E-state index contributed by atoms with van der Waals surface area (Å²) in [6, 6.07) is 5.82. The lowest BCUT2D eigenvalue weighted by Crippen LogP contribution is -2.56. The minimum Gasteiger partial charge on any atom is -0.454 e. The molecule has 1 aromatic carbocycles. The number of nitrogens with one attached hydrogen (secondary N) is 1. The zero-order valence-electron chi connectivity index (χ0n) is 25.0. The third-order valence-corrected chi connectivity index (χ3v) is 18.5. The summed E-state index contributed by atoms with van der Waals surface area (Å²) < 4.78 is 41.3. The second kappa shape index (κ2) is 11.2. The molecule has 1 heterocycles. The molecule has 1 aliphatic heterocycles. The van der Waals surface area contributed by atoms with Crippen molar-refractivity contribution in [3.05, 3.63) is 23.8 Å². The molecule has 0 aromatic heterocycles. The number of benzene rings is 1. The van der Waals surface area contributed by atoms with E-state index >= 15 is 0 Å². The summed E-state index contributed by atoms with van der Waals surface area (Å²) in [5.74, 6) is 1.51. The van der Waals surface area contributed by atoms with E-state index < -0.39 is 32.4 Å². The summed E-state index contributed by atoms with van der Waals surface area (Å²) >= 11 is 0. The standard InChI is InChI=1S/C27H51NO5SSi2/c1-25(2,3)34(29)28-21(16-20-14-15-22-23(17-20)31-19-30-22)24(33-36(12,13)27(7,8)9)18-32-35(10,11)26(4,5)6/h14-15,17,21,24,28H,16,18-19H2,1-13H3/t21-,24+,34?/m0/s1. The van der Waals surface area contributed by atoms with Crippen molar-refractivity contribution in [3.8, 4) is 11.5 Å². The third-order valence-electron chi connectivity index (χ3n) is 7.82. The molecule has 0 spiro atoms. The van der Waals surface area contributed by atoms with Gasteiger partial charge in [-0.05, 0) is 81.2 Å². The van der Waals surface area contributed by atoms with Crippen molar-refractivity contribution in [1.82, 2.24) is 4.72 Å². The predicted molar refractivity (Wildman–Crippen MR) is 156 cm³/mol. The van der Waals surface area contributed by atoms with Gasteiger partial charge < -0.3 is 18.3 Å². The van der Waals surface area contributed by atoms with Gasteiger partial charge in [0, 0.05) is 0 Å². The molecule has 0 saturated heterocycles. The van der Waals surface area contributed by atoms with Gasteiger partial charge in [-0.15, -0.1) is 0 Å². The number of ether oxygens (including phenoxy) is 2. The maximum Gasteiger partial charge on any atom is 0.231 e. The lowest BCUT2D eigenvalue weighted by molar-refractivity contribution is 0.0823. The second-order valence-corrected chi connectivity index (χ2v) is 25.5. The molecular weight excluding hydrogens is 507 g/mol. The fourth-order valence-corrected chi connectivity index (χ4v) is 6.40. The van der Waals surface area contributed by atoms with E-state index in [2.05, 4.69) is 78.5 Å². The highest BCUT2D eigenvalue weighted by atomic mass is 32.2. The van der Waals surface area contributed by atoms with Gasteiger partial charge >= 0.3 is 0 Å². The first kappa shape index (κ1) is 31.5. The number of rotatable bonds is 10. The van der Waals surface area contributed by atoms with Crippen molar-refractivity contribution in [2.24, 2.45) is 0 Å². The molecule has 2 rings (SSSR count). The zero-order valence-corrected chi connectivity index (χ0v) is 27.8. The van der Waals surface area contributed by atoms with Crippen LogP contribution in [0.25, 0.3) is 0 Å². The Hall–Kier alpha value is -0.716. The van der Waals surface area contributed by atoms with Gasteiger partial charge in [0.15, 0.2) is 28.1 Å². The summed E-state index contributed by atoms with van der Waals surface area (Å²) in [6.07, 6.45) is 0.384. The molecule has 1 N–H and O–H groups in total. The van der Waals surface area contributed by atoms with E-state index in [-0.39, 0.29) is 29.0 Å². The summed E-state index contributed by atoms with van der Waals surface area (Å²) in [5.41, 5.74) is 1.08. The van der Waals surface area contributed by atoms with Crippen LogP contribution in [-0.4, -0.2) is 51.1 Å². The van der Waals surface area contributed by atoms with Crippen molar-refractivity contribution in [3.63, 3.8) is 0 Å². The van der Waals surface area contributed by atoms with Gasteiger partial charge in [-0.2, -0.15) is 0 Å². The van der Waals surface area contributed by atoms with E-state index in [0.29, 0.717) is 13.0 Å². The third kappa shape index (κ3) is 8.14. The Morgan fingerprint density at radius 3 is 2.00 bits per heavy atom. The van der Waals surface area contributed by atoms with Crippen LogP contribution in [0.3, 0.4) is 0 Å². The molecule has 0 bridgehead atoms. The Morgan fingerprint density at radius 2 is 1.47 bits per heavy atom. The summed E-state index contributed by atoms with van der Waals surface area (Å²) in [6.45, 7) is 29.2. The first-order chi connectivity index (χ1) is 16.1. The molecule has 9 heteroatoms. The average Bonchev–Trinajstić information content (AvgIpc) is 3.16. The Bertz CT molecular complexity index is 916. The monoisotopic (exact) mass is 557 g/mol. The molecule has 36 heavy (non-hydrogen) atoms. The largest absolute Gasteiger partial charge is 0.454 e. The van der Waals surface area contributed by atoms with Crippen LogP contribution in [-0.2, 0) is 26.3 Å². The Kier molecular flexibility index (Phi) is 9.78. The lowest BCUT2D eigenvalue weighted by atomic mass is 10.0. The number of hydrogen-bond donors (Lipinski definition) is 1. The van der Waals surface area contributed by atoms with Gasteiger partial charge in [-0.1, -0.05) is 47.6 Å². The molecule has 6 nitrogen and oxygen atoms in total. The van der Waals surface area contributed by atoms with E-state index in [4.69, 9.17) is 18.3 Å². The van der Waals surface area contributed by atoms with E-state index in [9.17, 15) is 4.21 Å². The van der Waals surface area contributed by atoms with Crippen molar-refractivity contribution in [1.29, 1.82) is 0 Å². The zero-order chi connectivity index (χ0) is 27.7. The molecule has 208 valence electrons. The van der Waals surface area contributed by atoms with Gasteiger partial charge in [-0.3, -0.25) is 0 Å². The van der Waals surface area contributed by atoms with Gasteiger partial charge in [0.1, 0.15) is 0 Å². The van der Waals surface area contributed by atoms with Gasteiger partial charge in [0.05, 0.1) is 34.5 Å². The topological polar surface area (TPSA) is 66.0 Å². The van der Waals surface area contributed by atoms with Crippen LogP contribution in [0, 0.1) is 0 Å². The lowest BCUT2D eigenvalue weighted by Gasteiger charge is -2.44. The van der Waals surface area contributed by atoms with Crippen molar-refractivity contribution in [2.45, 2.75) is 122 Å². The minimum atomic E-state index is -2.15. The van der Waals surface area contributed by atoms with Gasteiger partial charge in [-0.25, -0.2) is 8.93 Å². The molecule has 1 aliphatic rings. The van der Waals surface area contributed by atoms with Crippen molar-refractivity contribution >= 4 is 27.6 Å². The molecule has 0 saturated carbocycles. The molecule has 3 atom stereocenters. The molecule has 0 aliphatic carbocycles. The maximum absolute atomic E-state index is 13.4. The SMILES string of the molecule is CC(C)(C)S(=O)N[C@@H](Cc1ccc2c(c1)OCO2)[C@@H](CO[Si](C)(C)C(C)(C)C)O[Si](C)(C)C(C)(C)C. The van der Waals surface area contributed by atoms with Crippen molar-refractivity contribution < 1.29 is 22.5 Å². The van der Waals surface area contributed by atoms with E-state index in [0.717, 1.165) is 17.1 Å². The Morgan fingerprint density at radius 1 is 0.917 bits per heavy atom. The molecule has 0 radical (unpaired) electrons. The van der Waals surface area contributed by atoms with Crippen LogP contribution >= 0.6 is 0 Å². The average molecular weight is 558 g/mol. The highest BCUT2D eigenvalue weighted by molar-refractivity contribution is 7.84. The summed E-state index contributed by atoms with van der Waals surface area (Å²) in [5, 5.41) is 0.123. The van der Waals surface area contributed by atoms with Crippen LogP contribution in [0.1, 0.15) is 67.9 Å². The van der Waals surface area contributed by atoms with E-state index in [1.165, 1.54) is 0 Å². The fourth-order valence-electron chi connectivity index (χ4n) is 3.18. The quantitative estimate of drug-likeness (QED) is 0.321. The fraction of sp³-hybridized carbons (Fsp3) is 0.778. The van der Waals surface area contributed by atoms with Gasteiger partial charge in [0.25, 0.3) is 0 Å². The van der Waals surface area contributed by atoms with Crippen molar-refractivity contribution in [2.75, 3.05) is 13.4 Å². The summed E-state index contributed by atoms with van der Waals surface area (Å²) in [4.78, 5) is 0. The molecule has 0 fully saturated rings. The predicted octanol–water partition coefficient (Wildman–Crippen LogP) is 6.79. The molecule has 0 amide bonds. The first-order valence-electron chi connectivity index (χ1n) is 13.0. The number of fused-ring (bicyclic) bond motifs is 1. The molecule has 1 aromatic rings. The van der Waals surface area contributed by atoms with Crippen LogP contribution in [0.15, 0.2) is 18.2 Å². The highest BCUT2D eigenvalue weighted by Gasteiger charge is 2.43. The smallest absolute Gasteiger partial charge is 0.231 e. The van der Waals surface area contributed by atoms with Gasteiger partial charge in [0.2, 0.25) is 6.79 Å². The first-order valence-corrected chi connectivity index (χ1v) is 20.0. The van der Waals surface area contributed by atoms with Crippen LogP contribution in [0.5, 0.6) is 11.5 Å². The highest BCUT2D eigenvalue weighted by Crippen LogP contribution is 2.40. The second-order valence-electron chi connectivity index (χ2n) is 14.0. The molecular formula is C27H51NO5SSi2. The van der Waals surface area contributed by atoms with Crippen LogP contribution in [0.4, 0.5) is 0 Å².